The summed E-state index contributed by atoms with van der Waals surface area (Å²) >= 11 is 0. The Bertz CT molecular complexity index is 1150. The van der Waals surface area contributed by atoms with Crippen LogP contribution in [0.4, 0.5) is 5.69 Å². The minimum Gasteiger partial charge on any atom is -0.493 e. The molecular weight excluding hydrogens is 456 g/mol. The Balaban J connectivity index is 1.29. The molecule has 0 saturated carbocycles. The number of nitrogens with one attached hydrogen (secondary N) is 1. The molecule has 0 atom stereocenters. The molecule has 8 nitrogen and oxygen atoms in total. The Morgan fingerprint density at radius 2 is 1.53 bits per heavy atom. The van der Waals surface area contributed by atoms with Gasteiger partial charge in [-0.3, -0.25) is 9.69 Å². The third-order valence-corrected chi connectivity index (χ3v) is 6.18. The monoisotopic (exact) mass is 488 g/mol. The van der Waals surface area contributed by atoms with Crippen molar-refractivity contribution in [3.8, 4) is 17.2 Å². The standard InChI is InChI=1S/C28H32N4O4/c1-34-25-17-22(18-26(35-2)27(25)36-3)19-29-30-28(33)23-11-9-21(10-12-23)20-31-13-15-32(16-14-31)24-7-5-4-6-8-24/h4-12,17-19H,13-16,20H2,1-3H3,(H,30,33)/b29-19-. The van der Waals surface area contributed by atoms with Gasteiger partial charge in [0.2, 0.25) is 5.75 Å². The second-order valence-corrected chi connectivity index (χ2v) is 8.45. The Kier molecular flexibility index (Phi) is 8.41. The van der Waals surface area contributed by atoms with Gasteiger partial charge in [-0.15, -0.1) is 0 Å². The summed E-state index contributed by atoms with van der Waals surface area (Å²) in [5.74, 6) is 1.25. The molecule has 8 heteroatoms. The maximum Gasteiger partial charge on any atom is 0.271 e. The van der Waals surface area contributed by atoms with Gasteiger partial charge in [-0.05, 0) is 42.0 Å². The molecule has 1 aliphatic heterocycles. The molecule has 1 saturated heterocycles. The van der Waals surface area contributed by atoms with Gasteiger partial charge >= 0.3 is 0 Å². The molecular formula is C28H32N4O4. The number of hydrogen-bond acceptors (Lipinski definition) is 7. The third kappa shape index (κ3) is 6.14. The molecule has 1 heterocycles. The van der Waals surface area contributed by atoms with Crippen LogP contribution in [0.2, 0.25) is 0 Å². The van der Waals surface area contributed by atoms with E-state index in [-0.39, 0.29) is 5.91 Å². The first-order chi connectivity index (χ1) is 17.6. The van der Waals surface area contributed by atoms with E-state index in [1.807, 2.05) is 30.3 Å². The summed E-state index contributed by atoms with van der Waals surface area (Å²) in [6.45, 7) is 4.90. The number of hydrazone groups is 1. The van der Waals surface area contributed by atoms with Gasteiger partial charge in [0.15, 0.2) is 11.5 Å². The summed E-state index contributed by atoms with van der Waals surface area (Å²) in [6.07, 6.45) is 1.53. The number of amides is 1. The number of hydrogen-bond donors (Lipinski definition) is 1. The Morgan fingerprint density at radius 3 is 2.11 bits per heavy atom. The smallest absolute Gasteiger partial charge is 0.271 e. The molecule has 0 aromatic heterocycles. The third-order valence-electron chi connectivity index (χ3n) is 6.18. The summed E-state index contributed by atoms with van der Waals surface area (Å²) in [6, 6.07) is 21.7. The number of nitrogens with zero attached hydrogens (tertiary/aromatic N) is 3. The van der Waals surface area contributed by atoms with Gasteiger partial charge in [0, 0.05) is 49.5 Å². The van der Waals surface area contributed by atoms with E-state index in [4.69, 9.17) is 14.2 Å². The van der Waals surface area contributed by atoms with Crippen molar-refractivity contribution < 1.29 is 19.0 Å². The van der Waals surface area contributed by atoms with Crippen molar-refractivity contribution in [3.05, 3.63) is 83.4 Å². The lowest BCUT2D eigenvalue weighted by Gasteiger charge is -2.36. The molecule has 3 aromatic rings. The summed E-state index contributed by atoms with van der Waals surface area (Å²) in [7, 11) is 4.65. The molecule has 36 heavy (non-hydrogen) atoms. The van der Waals surface area contributed by atoms with E-state index in [0.29, 0.717) is 28.4 Å². The number of carbonyl (C=O) groups excluding carboxylic acids is 1. The molecule has 1 amide bonds. The summed E-state index contributed by atoms with van der Waals surface area (Å²) in [5, 5.41) is 4.08. The van der Waals surface area contributed by atoms with Crippen molar-refractivity contribution in [1.82, 2.24) is 10.3 Å². The van der Waals surface area contributed by atoms with Gasteiger partial charge in [-0.2, -0.15) is 5.10 Å². The fourth-order valence-corrected chi connectivity index (χ4v) is 4.23. The predicted molar refractivity (Wildman–Crippen MR) is 142 cm³/mol. The van der Waals surface area contributed by atoms with Crippen LogP contribution in [0.1, 0.15) is 21.5 Å². The molecule has 0 spiro atoms. The van der Waals surface area contributed by atoms with E-state index in [2.05, 4.69) is 44.6 Å². The molecule has 0 unspecified atom stereocenters. The Morgan fingerprint density at radius 1 is 0.889 bits per heavy atom. The Labute approximate surface area is 212 Å². The van der Waals surface area contributed by atoms with Crippen molar-refractivity contribution in [1.29, 1.82) is 0 Å². The van der Waals surface area contributed by atoms with Crippen molar-refractivity contribution in [2.45, 2.75) is 6.54 Å². The molecule has 4 rings (SSSR count). The van der Waals surface area contributed by atoms with Crippen LogP contribution in [-0.4, -0.2) is 64.5 Å². The summed E-state index contributed by atoms with van der Waals surface area (Å²) < 4.78 is 16.0. The topological polar surface area (TPSA) is 75.6 Å². The molecule has 0 bridgehead atoms. The second-order valence-electron chi connectivity index (χ2n) is 8.45. The number of carbonyl (C=O) groups is 1. The van der Waals surface area contributed by atoms with Crippen LogP contribution < -0.4 is 24.5 Å². The number of methoxy groups -OCH3 is 3. The quantitative estimate of drug-likeness (QED) is 0.365. The minimum absolute atomic E-state index is 0.276. The zero-order valence-corrected chi connectivity index (χ0v) is 20.9. The highest BCUT2D eigenvalue weighted by Crippen LogP contribution is 2.37. The van der Waals surface area contributed by atoms with E-state index >= 15 is 0 Å². The highest BCUT2D eigenvalue weighted by molar-refractivity contribution is 5.95. The largest absolute Gasteiger partial charge is 0.493 e. The molecule has 1 fully saturated rings. The molecule has 188 valence electrons. The normalized spacial score (nSPS) is 14.0. The number of benzene rings is 3. The lowest BCUT2D eigenvalue weighted by atomic mass is 10.1. The highest BCUT2D eigenvalue weighted by Gasteiger charge is 2.17. The average molecular weight is 489 g/mol. The first-order valence-electron chi connectivity index (χ1n) is 11.9. The molecule has 3 aromatic carbocycles. The SMILES string of the molecule is COc1cc(/C=N\NC(=O)c2ccc(CN3CCN(c4ccccc4)CC3)cc2)cc(OC)c1OC. The maximum absolute atomic E-state index is 12.5. The van der Waals surface area contributed by atoms with Crippen LogP contribution in [-0.2, 0) is 6.54 Å². The predicted octanol–water partition coefficient (Wildman–Crippen LogP) is 3.80. The van der Waals surface area contributed by atoms with Crippen LogP contribution in [0.25, 0.3) is 0 Å². The minimum atomic E-state index is -0.276. The lowest BCUT2D eigenvalue weighted by Crippen LogP contribution is -2.45. The van der Waals surface area contributed by atoms with Crippen LogP contribution in [0.5, 0.6) is 17.2 Å². The van der Waals surface area contributed by atoms with Crippen molar-refractivity contribution >= 4 is 17.8 Å². The maximum atomic E-state index is 12.5. The van der Waals surface area contributed by atoms with Crippen molar-refractivity contribution in [2.24, 2.45) is 5.10 Å². The number of rotatable bonds is 9. The zero-order valence-electron chi connectivity index (χ0n) is 20.9. The van der Waals surface area contributed by atoms with Crippen LogP contribution in [0.3, 0.4) is 0 Å². The fraction of sp³-hybridized carbons (Fsp3) is 0.286. The fourth-order valence-electron chi connectivity index (χ4n) is 4.23. The zero-order chi connectivity index (χ0) is 25.3. The van der Waals surface area contributed by atoms with Crippen LogP contribution in [0.15, 0.2) is 71.8 Å². The lowest BCUT2D eigenvalue weighted by molar-refractivity contribution is 0.0955. The van der Waals surface area contributed by atoms with Gasteiger partial charge < -0.3 is 19.1 Å². The second kappa shape index (κ2) is 12.1. The molecule has 0 radical (unpaired) electrons. The number of para-hydroxylation sites is 1. The van der Waals surface area contributed by atoms with E-state index in [0.717, 1.165) is 32.7 Å². The summed E-state index contributed by atoms with van der Waals surface area (Å²) in [4.78, 5) is 17.4. The van der Waals surface area contributed by atoms with E-state index in [9.17, 15) is 4.79 Å². The van der Waals surface area contributed by atoms with Crippen molar-refractivity contribution in [2.75, 3.05) is 52.4 Å². The van der Waals surface area contributed by atoms with Crippen molar-refractivity contribution in [3.63, 3.8) is 0 Å². The Hall–Kier alpha value is -4.04. The average Bonchev–Trinajstić information content (AvgIpc) is 2.93. The molecule has 0 aliphatic carbocycles. The van der Waals surface area contributed by atoms with E-state index in [1.54, 1.807) is 33.5 Å². The molecule has 1 aliphatic rings. The van der Waals surface area contributed by atoms with Crippen LogP contribution >= 0.6 is 0 Å². The van der Waals surface area contributed by atoms with Gasteiger partial charge in [0.25, 0.3) is 5.91 Å². The van der Waals surface area contributed by atoms with Gasteiger partial charge in [-0.25, -0.2) is 5.43 Å². The highest BCUT2D eigenvalue weighted by atomic mass is 16.5. The van der Waals surface area contributed by atoms with E-state index in [1.165, 1.54) is 17.5 Å². The summed E-state index contributed by atoms with van der Waals surface area (Å²) in [5.41, 5.74) is 6.29. The first kappa shape index (κ1) is 25.1. The van der Waals surface area contributed by atoms with Crippen LogP contribution in [0, 0.1) is 0 Å². The van der Waals surface area contributed by atoms with Gasteiger partial charge in [0.1, 0.15) is 0 Å². The number of anilines is 1. The first-order valence-corrected chi connectivity index (χ1v) is 11.9. The number of ether oxygens (including phenoxy) is 3. The van der Waals surface area contributed by atoms with Gasteiger partial charge in [-0.1, -0.05) is 30.3 Å². The van der Waals surface area contributed by atoms with Gasteiger partial charge in [0.05, 0.1) is 27.5 Å². The molecule has 1 N–H and O–H groups in total. The van der Waals surface area contributed by atoms with E-state index < -0.39 is 0 Å². The number of piperazine rings is 1.